The largest absolute Gasteiger partial charge is 0.469 e. The van der Waals surface area contributed by atoms with Gasteiger partial charge in [-0.15, -0.1) is 0 Å². The molecular weight excluding hydrogens is 178 g/mol. The van der Waals surface area contributed by atoms with Gasteiger partial charge in [0.2, 0.25) is 0 Å². The summed E-state index contributed by atoms with van der Waals surface area (Å²) in [6.45, 7) is 2.38. The van der Waals surface area contributed by atoms with Crippen molar-refractivity contribution in [3.8, 4) is 0 Å². The Hall–Kier alpha value is -0.570. The van der Waals surface area contributed by atoms with Crippen LogP contribution in [0.3, 0.4) is 0 Å². The molecule has 0 amide bonds. The molecule has 0 bridgehead atoms. The van der Waals surface area contributed by atoms with E-state index in [1.54, 1.807) is 0 Å². The van der Waals surface area contributed by atoms with Gasteiger partial charge in [0.1, 0.15) is 0 Å². The molecule has 0 aromatic rings. The number of ether oxygens (including phenoxy) is 1. The lowest BCUT2D eigenvalue weighted by Crippen LogP contribution is -2.47. The van der Waals surface area contributed by atoms with Crippen LogP contribution in [0.2, 0.25) is 0 Å². The van der Waals surface area contributed by atoms with Gasteiger partial charge in [-0.1, -0.05) is 0 Å². The summed E-state index contributed by atoms with van der Waals surface area (Å²) >= 11 is 0. The Morgan fingerprint density at radius 1 is 1.14 bits per heavy atom. The minimum Gasteiger partial charge on any atom is -0.469 e. The van der Waals surface area contributed by atoms with Crippen molar-refractivity contribution in [2.24, 2.45) is 17.8 Å². The van der Waals surface area contributed by atoms with E-state index < -0.39 is 0 Å². The summed E-state index contributed by atoms with van der Waals surface area (Å²) in [6, 6.07) is 0. The maximum Gasteiger partial charge on any atom is 0.308 e. The van der Waals surface area contributed by atoms with Gasteiger partial charge in [0.15, 0.2) is 0 Å². The van der Waals surface area contributed by atoms with Gasteiger partial charge in [-0.2, -0.15) is 0 Å². The fourth-order valence-corrected chi connectivity index (χ4v) is 2.64. The minimum absolute atomic E-state index is 0.00446. The average molecular weight is 197 g/mol. The molecule has 1 heterocycles. The van der Waals surface area contributed by atoms with E-state index in [0.717, 1.165) is 24.7 Å². The summed E-state index contributed by atoms with van der Waals surface area (Å²) in [5.41, 5.74) is 0. The maximum atomic E-state index is 11.3. The number of hydrogen-bond donors (Lipinski definition) is 1. The van der Waals surface area contributed by atoms with E-state index in [1.807, 2.05) is 0 Å². The Bertz CT molecular complexity index is 205. The van der Waals surface area contributed by atoms with Crippen molar-refractivity contribution in [2.75, 3.05) is 20.2 Å². The van der Waals surface area contributed by atoms with E-state index >= 15 is 0 Å². The first kappa shape index (κ1) is 9.97. The number of esters is 1. The number of rotatable bonds is 2. The molecule has 1 N–H and O–H groups in total. The average Bonchev–Trinajstić information content (AvgIpc) is 2.15. The molecule has 0 spiro atoms. The Kier molecular flexibility index (Phi) is 3.06. The second-order valence-electron chi connectivity index (χ2n) is 4.55. The fraction of sp³-hybridized carbons (Fsp3) is 0.909. The number of carbonyl (C=O) groups excluding carboxylic acids is 1. The highest BCUT2D eigenvalue weighted by Crippen LogP contribution is 2.35. The van der Waals surface area contributed by atoms with Crippen molar-refractivity contribution in [3.05, 3.63) is 0 Å². The third-order valence-corrected chi connectivity index (χ3v) is 3.79. The molecule has 2 aliphatic rings. The van der Waals surface area contributed by atoms with Crippen LogP contribution < -0.4 is 5.32 Å². The molecule has 2 rings (SSSR count). The number of hydrogen-bond acceptors (Lipinski definition) is 3. The Labute approximate surface area is 85.2 Å². The van der Waals surface area contributed by atoms with E-state index in [1.165, 1.54) is 33.0 Å². The first-order valence-electron chi connectivity index (χ1n) is 5.60. The van der Waals surface area contributed by atoms with Gasteiger partial charge in [0, 0.05) is 0 Å². The molecule has 1 aliphatic heterocycles. The van der Waals surface area contributed by atoms with E-state index in [-0.39, 0.29) is 11.9 Å². The standard InChI is InChI=1S/C11H19NO2/c1-14-11(13)9-4-2-8(3-5-9)10-6-12-7-10/h8-10,12H,2-7H2,1H3. The van der Waals surface area contributed by atoms with Crippen molar-refractivity contribution in [2.45, 2.75) is 25.7 Å². The Morgan fingerprint density at radius 2 is 1.79 bits per heavy atom. The summed E-state index contributed by atoms with van der Waals surface area (Å²) in [7, 11) is 1.49. The highest BCUT2D eigenvalue weighted by atomic mass is 16.5. The molecule has 0 aromatic carbocycles. The zero-order valence-corrected chi connectivity index (χ0v) is 8.79. The molecule has 3 nitrogen and oxygen atoms in total. The third-order valence-electron chi connectivity index (χ3n) is 3.79. The third kappa shape index (κ3) is 1.92. The van der Waals surface area contributed by atoms with Gasteiger partial charge < -0.3 is 10.1 Å². The van der Waals surface area contributed by atoms with Gasteiger partial charge in [0.05, 0.1) is 13.0 Å². The van der Waals surface area contributed by atoms with Crippen molar-refractivity contribution < 1.29 is 9.53 Å². The molecule has 14 heavy (non-hydrogen) atoms. The lowest BCUT2D eigenvalue weighted by atomic mass is 9.74. The molecular formula is C11H19NO2. The zero-order chi connectivity index (χ0) is 9.97. The number of methoxy groups -OCH3 is 1. The predicted molar refractivity (Wildman–Crippen MR) is 53.8 cm³/mol. The van der Waals surface area contributed by atoms with E-state index in [9.17, 15) is 4.79 Å². The number of nitrogens with one attached hydrogen (secondary N) is 1. The summed E-state index contributed by atoms with van der Waals surface area (Å²) in [5.74, 6) is 1.92. The SMILES string of the molecule is COC(=O)C1CCC(C2CNC2)CC1. The Balaban J connectivity index is 1.76. The molecule has 1 aliphatic carbocycles. The zero-order valence-electron chi connectivity index (χ0n) is 8.79. The first-order chi connectivity index (χ1) is 6.81. The van der Waals surface area contributed by atoms with Crippen molar-refractivity contribution in [1.82, 2.24) is 5.32 Å². The van der Waals surface area contributed by atoms with Crippen LogP contribution in [0.4, 0.5) is 0 Å². The molecule has 0 atom stereocenters. The highest BCUT2D eigenvalue weighted by Gasteiger charge is 2.33. The maximum absolute atomic E-state index is 11.3. The minimum atomic E-state index is -0.00446. The molecule has 1 saturated carbocycles. The predicted octanol–water partition coefficient (Wildman–Crippen LogP) is 1.19. The van der Waals surface area contributed by atoms with Gasteiger partial charge in [-0.3, -0.25) is 4.79 Å². The van der Waals surface area contributed by atoms with Crippen LogP contribution in [-0.2, 0) is 9.53 Å². The van der Waals surface area contributed by atoms with Gasteiger partial charge in [-0.05, 0) is 50.6 Å². The molecule has 0 aromatic heterocycles. The first-order valence-corrected chi connectivity index (χ1v) is 5.60. The highest BCUT2D eigenvalue weighted by molar-refractivity contribution is 5.72. The summed E-state index contributed by atoms with van der Waals surface area (Å²) in [5, 5.41) is 3.31. The summed E-state index contributed by atoms with van der Waals surface area (Å²) in [4.78, 5) is 11.3. The van der Waals surface area contributed by atoms with Gasteiger partial charge >= 0.3 is 5.97 Å². The summed E-state index contributed by atoms with van der Waals surface area (Å²) < 4.78 is 4.77. The quantitative estimate of drug-likeness (QED) is 0.676. The van der Waals surface area contributed by atoms with E-state index in [0.29, 0.717) is 0 Å². The second kappa shape index (κ2) is 4.30. The van der Waals surface area contributed by atoms with Crippen LogP contribution in [0, 0.1) is 17.8 Å². The van der Waals surface area contributed by atoms with Crippen LogP contribution >= 0.6 is 0 Å². The molecule has 3 heteroatoms. The van der Waals surface area contributed by atoms with Crippen molar-refractivity contribution in [1.29, 1.82) is 0 Å². The topological polar surface area (TPSA) is 38.3 Å². The van der Waals surface area contributed by atoms with Crippen molar-refractivity contribution in [3.63, 3.8) is 0 Å². The molecule has 1 saturated heterocycles. The monoisotopic (exact) mass is 197 g/mol. The van der Waals surface area contributed by atoms with Crippen LogP contribution in [0.15, 0.2) is 0 Å². The summed E-state index contributed by atoms with van der Waals surface area (Å²) in [6.07, 6.45) is 4.50. The van der Waals surface area contributed by atoms with Crippen molar-refractivity contribution >= 4 is 5.97 Å². The van der Waals surface area contributed by atoms with E-state index in [2.05, 4.69) is 5.32 Å². The second-order valence-corrected chi connectivity index (χ2v) is 4.55. The smallest absolute Gasteiger partial charge is 0.308 e. The molecule has 2 fully saturated rings. The number of carbonyl (C=O) groups is 1. The van der Waals surface area contributed by atoms with Crippen LogP contribution in [0.25, 0.3) is 0 Å². The molecule has 80 valence electrons. The van der Waals surface area contributed by atoms with Gasteiger partial charge in [0.25, 0.3) is 0 Å². The van der Waals surface area contributed by atoms with Crippen LogP contribution in [0.5, 0.6) is 0 Å². The van der Waals surface area contributed by atoms with Crippen LogP contribution in [-0.4, -0.2) is 26.2 Å². The van der Waals surface area contributed by atoms with Gasteiger partial charge in [-0.25, -0.2) is 0 Å². The lowest BCUT2D eigenvalue weighted by molar-refractivity contribution is -0.147. The van der Waals surface area contributed by atoms with Crippen LogP contribution in [0.1, 0.15) is 25.7 Å². The molecule has 0 unspecified atom stereocenters. The molecule has 0 radical (unpaired) electrons. The van der Waals surface area contributed by atoms with E-state index in [4.69, 9.17) is 4.74 Å². The normalized spacial score (nSPS) is 33.5. The lowest BCUT2D eigenvalue weighted by Gasteiger charge is -2.38. The Morgan fingerprint density at radius 3 is 2.21 bits per heavy atom. The fourth-order valence-electron chi connectivity index (χ4n) is 2.64.